The Balaban J connectivity index is 1.44. The van der Waals surface area contributed by atoms with Gasteiger partial charge in [0.15, 0.2) is 0 Å². The molecule has 1 aliphatic rings. The molecule has 0 bridgehead atoms. The van der Waals surface area contributed by atoms with Crippen LogP contribution in [0.3, 0.4) is 0 Å². The minimum absolute atomic E-state index is 0.191. The lowest BCUT2D eigenvalue weighted by molar-refractivity contribution is 0.122. The zero-order valence-corrected chi connectivity index (χ0v) is 17.2. The van der Waals surface area contributed by atoms with Crippen molar-refractivity contribution in [3.63, 3.8) is 0 Å². The molecular formula is C22H24F2N4O3. The summed E-state index contributed by atoms with van der Waals surface area (Å²) in [4.78, 5) is 19.4. The molecule has 31 heavy (non-hydrogen) atoms. The van der Waals surface area contributed by atoms with E-state index in [4.69, 9.17) is 9.47 Å². The number of halogens is 2. The number of rotatable bonds is 6. The van der Waals surface area contributed by atoms with Gasteiger partial charge in [-0.05, 0) is 42.7 Å². The fourth-order valence-electron chi connectivity index (χ4n) is 3.68. The van der Waals surface area contributed by atoms with Gasteiger partial charge in [-0.25, -0.2) is 18.1 Å². The molecular weight excluding hydrogens is 406 g/mol. The van der Waals surface area contributed by atoms with Gasteiger partial charge in [0.1, 0.15) is 11.6 Å². The van der Waals surface area contributed by atoms with Crippen LogP contribution in [-0.4, -0.2) is 55.5 Å². The number of nitrogens with one attached hydrogen (secondary N) is 1. The number of benzene rings is 2. The summed E-state index contributed by atoms with van der Waals surface area (Å²) in [6.45, 7) is 3.29. The Hall–Kier alpha value is -3.20. The molecule has 164 valence electrons. The number of carbonyl (C=O) groups excluding carboxylic acids is 1. The lowest BCUT2D eigenvalue weighted by Gasteiger charge is -2.28. The lowest BCUT2D eigenvalue weighted by Crippen LogP contribution is -2.36. The van der Waals surface area contributed by atoms with Gasteiger partial charge in [-0.1, -0.05) is 6.07 Å². The van der Waals surface area contributed by atoms with Crippen molar-refractivity contribution in [2.45, 2.75) is 12.8 Å². The highest BCUT2D eigenvalue weighted by molar-refractivity contribution is 5.92. The summed E-state index contributed by atoms with van der Waals surface area (Å²) in [5.74, 6) is -1.19. The molecule has 1 amide bonds. The third-order valence-corrected chi connectivity index (χ3v) is 5.28. The second-order valence-electron chi connectivity index (χ2n) is 7.28. The summed E-state index contributed by atoms with van der Waals surface area (Å²) in [5.41, 5.74) is 2.72. The van der Waals surface area contributed by atoms with Crippen LogP contribution in [0.4, 0.5) is 19.3 Å². The summed E-state index contributed by atoms with van der Waals surface area (Å²) >= 11 is 0. The Labute approximate surface area is 178 Å². The quantitative estimate of drug-likeness (QED) is 0.608. The van der Waals surface area contributed by atoms with E-state index in [1.54, 1.807) is 0 Å². The molecule has 0 saturated carbocycles. The molecule has 1 aromatic heterocycles. The normalized spacial score (nSPS) is 14.1. The SMILES string of the molecule is COc1nc2cc(N3CCOCC3)ccc2n1C(=O)NCCCc1ccc(F)cc1F. The topological polar surface area (TPSA) is 68.6 Å². The van der Waals surface area contributed by atoms with Crippen LogP contribution in [0, 0.1) is 11.6 Å². The molecule has 1 saturated heterocycles. The number of ether oxygens (including phenoxy) is 2. The third-order valence-electron chi connectivity index (χ3n) is 5.28. The van der Waals surface area contributed by atoms with Gasteiger partial charge in [0.05, 0.1) is 31.4 Å². The number of aromatic nitrogens is 2. The van der Waals surface area contributed by atoms with E-state index in [0.717, 1.165) is 24.8 Å². The number of anilines is 1. The van der Waals surface area contributed by atoms with Gasteiger partial charge in [0.25, 0.3) is 0 Å². The predicted octanol–water partition coefficient (Wildman–Crippen LogP) is 3.35. The van der Waals surface area contributed by atoms with E-state index < -0.39 is 11.6 Å². The van der Waals surface area contributed by atoms with E-state index in [2.05, 4.69) is 15.2 Å². The second-order valence-corrected chi connectivity index (χ2v) is 7.28. The van der Waals surface area contributed by atoms with E-state index in [1.165, 1.54) is 23.8 Å². The Kier molecular flexibility index (Phi) is 6.31. The van der Waals surface area contributed by atoms with Gasteiger partial charge in [-0.15, -0.1) is 0 Å². The van der Waals surface area contributed by atoms with Crippen LogP contribution in [0.5, 0.6) is 6.01 Å². The first kappa shape index (κ1) is 21.0. The zero-order chi connectivity index (χ0) is 21.8. The molecule has 1 fully saturated rings. The number of hydrogen-bond acceptors (Lipinski definition) is 5. The fourth-order valence-corrected chi connectivity index (χ4v) is 3.68. The maximum Gasteiger partial charge on any atom is 0.330 e. The van der Waals surface area contributed by atoms with Crippen molar-refractivity contribution in [3.8, 4) is 6.01 Å². The summed E-state index contributed by atoms with van der Waals surface area (Å²) in [6, 6.07) is 9.06. The molecule has 0 aliphatic carbocycles. The van der Waals surface area contributed by atoms with Gasteiger partial charge in [-0.3, -0.25) is 0 Å². The Morgan fingerprint density at radius 1 is 1.19 bits per heavy atom. The maximum atomic E-state index is 13.7. The molecule has 2 aromatic carbocycles. The molecule has 3 aromatic rings. The smallest absolute Gasteiger partial charge is 0.330 e. The summed E-state index contributed by atoms with van der Waals surface area (Å²) < 4.78 is 38.8. The van der Waals surface area contributed by atoms with E-state index >= 15 is 0 Å². The van der Waals surface area contributed by atoms with Gasteiger partial charge in [-0.2, -0.15) is 4.98 Å². The van der Waals surface area contributed by atoms with Crippen LogP contribution in [-0.2, 0) is 11.2 Å². The molecule has 4 rings (SSSR count). The van der Waals surface area contributed by atoms with E-state index in [0.29, 0.717) is 49.2 Å². The van der Waals surface area contributed by atoms with Crippen LogP contribution in [0.25, 0.3) is 11.0 Å². The first-order valence-corrected chi connectivity index (χ1v) is 10.2. The average molecular weight is 430 g/mol. The van der Waals surface area contributed by atoms with Crippen molar-refractivity contribution in [1.82, 2.24) is 14.9 Å². The van der Waals surface area contributed by atoms with Crippen molar-refractivity contribution < 1.29 is 23.0 Å². The number of methoxy groups -OCH3 is 1. The van der Waals surface area contributed by atoms with Crippen molar-refractivity contribution in [2.75, 3.05) is 44.9 Å². The van der Waals surface area contributed by atoms with Crippen molar-refractivity contribution in [2.24, 2.45) is 0 Å². The van der Waals surface area contributed by atoms with Crippen molar-refractivity contribution in [1.29, 1.82) is 0 Å². The first-order valence-electron chi connectivity index (χ1n) is 10.2. The maximum absolute atomic E-state index is 13.7. The minimum Gasteiger partial charge on any atom is -0.468 e. The number of morpholine rings is 1. The average Bonchev–Trinajstić information content (AvgIpc) is 3.16. The number of carbonyl (C=O) groups is 1. The largest absolute Gasteiger partial charge is 0.468 e. The van der Waals surface area contributed by atoms with Crippen molar-refractivity contribution in [3.05, 3.63) is 53.6 Å². The molecule has 9 heteroatoms. The van der Waals surface area contributed by atoms with E-state index in [1.807, 2.05) is 18.2 Å². The Bertz CT molecular complexity index is 1080. The monoisotopic (exact) mass is 430 g/mol. The molecule has 2 heterocycles. The summed E-state index contributed by atoms with van der Waals surface area (Å²) in [7, 11) is 1.46. The first-order chi connectivity index (χ1) is 15.1. The minimum atomic E-state index is -0.606. The molecule has 0 atom stereocenters. The number of fused-ring (bicyclic) bond motifs is 1. The highest BCUT2D eigenvalue weighted by Crippen LogP contribution is 2.26. The number of imidazole rings is 1. The lowest BCUT2D eigenvalue weighted by atomic mass is 10.1. The Morgan fingerprint density at radius 3 is 2.74 bits per heavy atom. The molecule has 1 N–H and O–H groups in total. The molecule has 1 aliphatic heterocycles. The van der Waals surface area contributed by atoms with Gasteiger partial charge < -0.3 is 19.7 Å². The van der Waals surface area contributed by atoms with Crippen LogP contribution in [0.1, 0.15) is 12.0 Å². The van der Waals surface area contributed by atoms with Crippen LogP contribution in [0.2, 0.25) is 0 Å². The molecule has 7 nitrogen and oxygen atoms in total. The van der Waals surface area contributed by atoms with Crippen LogP contribution >= 0.6 is 0 Å². The highest BCUT2D eigenvalue weighted by atomic mass is 19.1. The number of nitrogens with zero attached hydrogens (tertiary/aromatic N) is 3. The molecule has 0 spiro atoms. The standard InChI is InChI=1S/C22H24F2N4O3/c1-30-22-26-19-14-17(27-9-11-31-12-10-27)6-7-20(19)28(22)21(29)25-8-2-3-15-4-5-16(23)13-18(15)24/h4-7,13-14H,2-3,8-12H2,1H3,(H,25,29). The number of amides is 1. The third kappa shape index (κ3) is 4.61. The van der Waals surface area contributed by atoms with Crippen LogP contribution < -0.4 is 15.0 Å². The van der Waals surface area contributed by atoms with Gasteiger partial charge in [0, 0.05) is 31.4 Å². The summed E-state index contributed by atoms with van der Waals surface area (Å²) in [6.07, 6.45) is 0.890. The number of aryl methyl sites for hydroxylation is 1. The Morgan fingerprint density at radius 2 is 2.00 bits per heavy atom. The van der Waals surface area contributed by atoms with E-state index in [9.17, 15) is 13.6 Å². The van der Waals surface area contributed by atoms with Crippen LogP contribution in [0.15, 0.2) is 36.4 Å². The van der Waals surface area contributed by atoms with Gasteiger partial charge >= 0.3 is 12.0 Å². The molecule has 0 unspecified atom stereocenters. The summed E-state index contributed by atoms with van der Waals surface area (Å²) in [5, 5.41) is 2.81. The second kappa shape index (κ2) is 9.30. The van der Waals surface area contributed by atoms with Gasteiger partial charge in [0.2, 0.25) is 0 Å². The van der Waals surface area contributed by atoms with E-state index in [-0.39, 0.29) is 12.0 Å². The number of hydrogen-bond donors (Lipinski definition) is 1. The van der Waals surface area contributed by atoms with Crippen molar-refractivity contribution >= 4 is 22.8 Å². The highest BCUT2D eigenvalue weighted by Gasteiger charge is 2.19. The predicted molar refractivity (Wildman–Crippen MR) is 113 cm³/mol. The zero-order valence-electron chi connectivity index (χ0n) is 17.2. The fraction of sp³-hybridized carbons (Fsp3) is 0.364. The molecule has 0 radical (unpaired) electrons.